The summed E-state index contributed by atoms with van der Waals surface area (Å²) in [6.45, 7) is 6.70. The molecule has 0 saturated carbocycles. The van der Waals surface area contributed by atoms with Gasteiger partial charge in [-0.3, -0.25) is 24.6 Å². The number of anilines is 1. The standard InChI is InChI=1S/C45H46N4O5/c1-29-5-3-7-33(23-29)39-28-54-41-25-36(50)13-15-38(41)43(39)32-9-11-35(12-10-32)48-21-18-31(19-22-48)26-47(2)20-4-6-30-8-14-37-34(24-30)27-49(45(37)53)40-16-17-42(51)46-44(40)52/h3,5,7-15,23-25,31,39-40,43,50H,16-22,26-28H2,1-2H3,(H,46,51,52)/t39-,40?,43-/m0/s1. The summed E-state index contributed by atoms with van der Waals surface area (Å²) < 4.78 is 6.20. The number of nitrogens with zero attached hydrogens (tertiary/aromatic N) is 3. The van der Waals surface area contributed by atoms with Gasteiger partial charge < -0.3 is 19.6 Å². The van der Waals surface area contributed by atoms with Crippen molar-refractivity contribution in [2.75, 3.05) is 44.7 Å². The summed E-state index contributed by atoms with van der Waals surface area (Å²) in [5.74, 6) is 7.60. The first-order chi connectivity index (χ1) is 26.2. The Balaban J connectivity index is 0.852. The number of phenolic OH excluding ortho intramolecular Hbond substituents is 1. The van der Waals surface area contributed by atoms with Crippen LogP contribution in [0.2, 0.25) is 0 Å². The Morgan fingerprint density at radius 1 is 0.926 bits per heavy atom. The summed E-state index contributed by atoms with van der Waals surface area (Å²) in [6, 6.07) is 28.3. The lowest BCUT2D eigenvalue weighted by Crippen LogP contribution is -2.52. The molecule has 9 nitrogen and oxygen atoms in total. The molecule has 2 fully saturated rings. The molecular weight excluding hydrogens is 677 g/mol. The van der Waals surface area contributed by atoms with Crippen LogP contribution in [0.15, 0.2) is 84.9 Å². The highest BCUT2D eigenvalue weighted by atomic mass is 16.5. The van der Waals surface area contributed by atoms with E-state index in [4.69, 9.17) is 4.74 Å². The molecule has 3 amide bonds. The van der Waals surface area contributed by atoms with Gasteiger partial charge in [0.05, 0.1) is 13.2 Å². The molecule has 276 valence electrons. The summed E-state index contributed by atoms with van der Waals surface area (Å²) >= 11 is 0. The number of hydrogen-bond donors (Lipinski definition) is 2. The van der Waals surface area contributed by atoms with Crippen LogP contribution in [0.1, 0.15) is 81.3 Å². The molecule has 0 spiro atoms. The van der Waals surface area contributed by atoms with Crippen molar-refractivity contribution in [2.24, 2.45) is 5.92 Å². The summed E-state index contributed by atoms with van der Waals surface area (Å²) in [5.41, 5.74) is 8.43. The first kappa shape index (κ1) is 35.4. The molecule has 0 aromatic heterocycles. The topological polar surface area (TPSA) is 102 Å². The van der Waals surface area contributed by atoms with E-state index in [1.165, 1.54) is 22.4 Å². The number of aryl methyl sites for hydroxylation is 1. The van der Waals surface area contributed by atoms with Crippen LogP contribution in [-0.2, 0) is 16.1 Å². The highest BCUT2D eigenvalue weighted by molar-refractivity contribution is 6.05. The van der Waals surface area contributed by atoms with Gasteiger partial charge in [0.25, 0.3) is 5.91 Å². The second-order valence-electron chi connectivity index (χ2n) is 15.3. The SMILES string of the molecule is Cc1cccc([C@@H]2COc3cc(O)ccc3[C@@H]2c2ccc(N3CCC(CN(C)CC#Cc4ccc5c(c4)CN(C4CCC(=O)NC4=O)C5=O)CC3)cc2)c1. The number of nitrogens with one attached hydrogen (secondary N) is 1. The average Bonchev–Trinajstić information content (AvgIpc) is 3.49. The average molecular weight is 723 g/mol. The quantitative estimate of drug-likeness (QED) is 0.179. The third kappa shape index (κ3) is 7.31. The zero-order valence-electron chi connectivity index (χ0n) is 30.9. The lowest BCUT2D eigenvalue weighted by atomic mass is 9.75. The fourth-order valence-electron chi connectivity index (χ4n) is 8.70. The van der Waals surface area contributed by atoms with Gasteiger partial charge in [0, 0.05) is 72.9 Å². The Hall–Kier alpha value is -5.59. The van der Waals surface area contributed by atoms with Crippen molar-refractivity contribution in [1.29, 1.82) is 0 Å². The smallest absolute Gasteiger partial charge is 0.255 e. The molecular formula is C45H46N4O5. The predicted molar refractivity (Wildman–Crippen MR) is 208 cm³/mol. The van der Waals surface area contributed by atoms with Gasteiger partial charge in [0.15, 0.2) is 0 Å². The molecule has 4 aliphatic rings. The van der Waals surface area contributed by atoms with Crippen LogP contribution in [0, 0.1) is 24.7 Å². The first-order valence-corrected chi connectivity index (χ1v) is 19.0. The van der Waals surface area contributed by atoms with Gasteiger partial charge in [-0.1, -0.05) is 59.9 Å². The highest BCUT2D eigenvalue weighted by Crippen LogP contribution is 2.47. The number of imide groups is 1. The third-order valence-electron chi connectivity index (χ3n) is 11.5. The minimum absolute atomic E-state index is 0.122. The van der Waals surface area contributed by atoms with Crippen molar-refractivity contribution < 1.29 is 24.2 Å². The van der Waals surface area contributed by atoms with Crippen LogP contribution in [-0.4, -0.2) is 78.5 Å². The fraction of sp³-hybridized carbons (Fsp3) is 0.356. The van der Waals surface area contributed by atoms with Gasteiger partial charge in [-0.05, 0) is 92.2 Å². The van der Waals surface area contributed by atoms with Crippen LogP contribution in [0.25, 0.3) is 0 Å². The molecule has 0 aliphatic carbocycles. The summed E-state index contributed by atoms with van der Waals surface area (Å²) in [7, 11) is 2.12. The van der Waals surface area contributed by atoms with Crippen LogP contribution < -0.4 is 15.0 Å². The Morgan fingerprint density at radius 3 is 2.52 bits per heavy atom. The summed E-state index contributed by atoms with van der Waals surface area (Å²) in [4.78, 5) is 43.3. The molecule has 3 atom stereocenters. The third-order valence-corrected chi connectivity index (χ3v) is 11.5. The number of amides is 3. The van der Waals surface area contributed by atoms with E-state index in [1.807, 2.05) is 18.2 Å². The molecule has 1 unspecified atom stereocenters. The predicted octanol–water partition coefficient (Wildman–Crippen LogP) is 5.97. The van der Waals surface area contributed by atoms with Gasteiger partial charge in [-0.15, -0.1) is 0 Å². The number of phenols is 1. The van der Waals surface area contributed by atoms with Crippen LogP contribution in [0.3, 0.4) is 0 Å². The van der Waals surface area contributed by atoms with Gasteiger partial charge in [-0.2, -0.15) is 0 Å². The second-order valence-corrected chi connectivity index (χ2v) is 15.3. The molecule has 4 aliphatic heterocycles. The number of piperidine rings is 2. The highest BCUT2D eigenvalue weighted by Gasteiger charge is 2.39. The molecule has 2 N–H and O–H groups in total. The minimum Gasteiger partial charge on any atom is -0.508 e. The number of aromatic hydroxyl groups is 1. The maximum atomic E-state index is 13.0. The fourth-order valence-corrected chi connectivity index (χ4v) is 8.70. The Bertz CT molecular complexity index is 2150. The number of ether oxygens (including phenoxy) is 1. The monoisotopic (exact) mass is 722 g/mol. The molecule has 2 saturated heterocycles. The number of rotatable bonds is 7. The van der Waals surface area contributed by atoms with E-state index in [0.29, 0.717) is 37.6 Å². The zero-order valence-corrected chi connectivity index (χ0v) is 30.9. The molecule has 4 aromatic carbocycles. The van der Waals surface area contributed by atoms with Crippen molar-refractivity contribution in [2.45, 2.75) is 57.0 Å². The number of benzene rings is 4. The van der Waals surface area contributed by atoms with E-state index in [2.05, 4.69) is 89.5 Å². The van der Waals surface area contributed by atoms with Gasteiger partial charge in [-0.25, -0.2) is 0 Å². The van der Waals surface area contributed by atoms with Crippen molar-refractivity contribution in [3.05, 3.63) is 124 Å². The van der Waals surface area contributed by atoms with Crippen molar-refractivity contribution >= 4 is 23.4 Å². The van der Waals surface area contributed by atoms with Crippen LogP contribution in [0.4, 0.5) is 5.69 Å². The van der Waals surface area contributed by atoms with E-state index in [-0.39, 0.29) is 35.8 Å². The maximum absolute atomic E-state index is 13.0. The number of fused-ring (bicyclic) bond motifs is 2. The molecule has 4 heterocycles. The van der Waals surface area contributed by atoms with Gasteiger partial charge in [0.2, 0.25) is 11.8 Å². The number of carbonyl (C=O) groups excluding carboxylic acids is 3. The zero-order chi connectivity index (χ0) is 37.3. The Kier molecular flexibility index (Phi) is 9.87. The molecule has 8 rings (SSSR count). The molecule has 0 radical (unpaired) electrons. The van der Waals surface area contributed by atoms with Crippen LogP contribution in [0.5, 0.6) is 11.5 Å². The number of carbonyl (C=O) groups is 3. The van der Waals surface area contributed by atoms with E-state index in [1.54, 1.807) is 23.1 Å². The molecule has 4 aromatic rings. The van der Waals surface area contributed by atoms with Gasteiger partial charge >= 0.3 is 0 Å². The Morgan fingerprint density at radius 2 is 1.74 bits per heavy atom. The van der Waals surface area contributed by atoms with Crippen molar-refractivity contribution in [1.82, 2.24) is 15.1 Å². The lowest BCUT2D eigenvalue weighted by Gasteiger charge is -2.36. The van der Waals surface area contributed by atoms with Crippen molar-refractivity contribution in [3.8, 4) is 23.3 Å². The summed E-state index contributed by atoms with van der Waals surface area (Å²) in [5, 5.41) is 12.5. The second kappa shape index (κ2) is 15.0. The minimum atomic E-state index is -0.616. The first-order valence-electron chi connectivity index (χ1n) is 19.0. The number of hydrogen-bond acceptors (Lipinski definition) is 7. The van der Waals surface area contributed by atoms with E-state index >= 15 is 0 Å². The molecule has 0 bridgehead atoms. The lowest BCUT2D eigenvalue weighted by molar-refractivity contribution is -0.136. The molecule has 54 heavy (non-hydrogen) atoms. The van der Waals surface area contributed by atoms with Crippen molar-refractivity contribution in [3.63, 3.8) is 0 Å². The van der Waals surface area contributed by atoms with E-state index < -0.39 is 11.9 Å². The normalized spacial score (nSPS) is 21.2. The van der Waals surface area contributed by atoms with E-state index in [0.717, 1.165) is 54.9 Å². The summed E-state index contributed by atoms with van der Waals surface area (Å²) in [6.07, 6.45) is 2.83. The largest absolute Gasteiger partial charge is 0.508 e. The van der Waals surface area contributed by atoms with Gasteiger partial charge in [0.1, 0.15) is 17.5 Å². The van der Waals surface area contributed by atoms with Crippen LogP contribution >= 0.6 is 0 Å². The maximum Gasteiger partial charge on any atom is 0.255 e. The van der Waals surface area contributed by atoms with E-state index in [9.17, 15) is 19.5 Å². The Labute approximate surface area is 316 Å². The molecule has 9 heteroatoms.